The molecule has 0 saturated heterocycles. The topological polar surface area (TPSA) is 75.7 Å². The lowest BCUT2D eigenvalue weighted by Crippen LogP contribution is -2.38. The largest absolute Gasteiger partial charge is 0.463 e. The zero-order chi connectivity index (χ0) is 24.1. The van der Waals surface area contributed by atoms with Crippen LogP contribution in [-0.2, 0) is 20.9 Å². The van der Waals surface area contributed by atoms with Gasteiger partial charge in [-0.3, -0.25) is 9.59 Å². The molecule has 6 nitrogen and oxygen atoms in total. The van der Waals surface area contributed by atoms with E-state index in [1.807, 2.05) is 57.2 Å². The van der Waals surface area contributed by atoms with Crippen LogP contribution in [0.3, 0.4) is 0 Å². The first-order valence-electron chi connectivity index (χ1n) is 11.4. The molecule has 6 heteroatoms. The summed E-state index contributed by atoms with van der Waals surface area (Å²) in [5, 5.41) is 2.87. The van der Waals surface area contributed by atoms with Crippen molar-refractivity contribution in [1.29, 1.82) is 0 Å². The second-order valence-electron chi connectivity index (χ2n) is 8.69. The van der Waals surface area contributed by atoms with Crippen LogP contribution in [0.15, 0.2) is 59.8 Å². The van der Waals surface area contributed by atoms with Crippen molar-refractivity contribution in [2.75, 3.05) is 6.61 Å². The summed E-state index contributed by atoms with van der Waals surface area (Å²) in [6.45, 7) is 9.99. The Morgan fingerprint density at radius 3 is 2.27 bits per heavy atom. The van der Waals surface area contributed by atoms with Gasteiger partial charge >= 0.3 is 5.97 Å². The highest BCUT2D eigenvalue weighted by Gasteiger charge is 2.36. The van der Waals surface area contributed by atoms with Gasteiger partial charge in [-0.15, -0.1) is 0 Å². The van der Waals surface area contributed by atoms with E-state index in [1.54, 1.807) is 30.9 Å². The molecule has 2 aromatic carbocycles. The second kappa shape index (κ2) is 10.5. The maximum Gasteiger partial charge on any atom is 0.336 e. The van der Waals surface area contributed by atoms with Crippen molar-refractivity contribution < 1.29 is 19.1 Å². The summed E-state index contributed by atoms with van der Waals surface area (Å²) in [7, 11) is 0. The number of esters is 1. The van der Waals surface area contributed by atoms with E-state index in [0.29, 0.717) is 23.4 Å². The van der Waals surface area contributed by atoms with Crippen LogP contribution < -0.4 is 5.32 Å². The summed E-state index contributed by atoms with van der Waals surface area (Å²) in [5.41, 5.74) is 4.62. The van der Waals surface area contributed by atoms with Gasteiger partial charge in [0.2, 0.25) is 5.91 Å². The summed E-state index contributed by atoms with van der Waals surface area (Å²) in [4.78, 5) is 39.9. The Labute approximate surface area is 195 Å². The Morgan fingerprint density at radius 2 is 1.70 bits per heavy atom. The van der Waals surface area contributed by atoms with E-state index in [4.69, 9.17) is 4.74 Å². The van der Waals surface area contributed by atoms with Gasteiger partial charge in [-0.25, -0.2) is 4.79 Å². The molecular formula is C27H32N2O4. The van der Waals surface area contributed by atoms with Crippen LogP contribution in [0.2, 0.25) is 0 Å². The third kappa shape index (κ3) is 5.69. The van der Waals surface area contributed by atoms with Crippen LogP contribution in [0, 0.1) is 6.92 Å². The summed E-state index contributed by atoms with van der Waals surface area (Å²) in [5.74, 6) is -0.908. The van der Waals surface area contributed by atoms with Gasteiger partial charge in [-0.1, -0.05) is 42.0 Å². The Hall–Kier alpha value is -3.41. The lowest BCUT2D eigenvalue weighted by molar-refractivity contribution is -0.140. The predicted octanol–water partition coefficient (Wildman–Crippen LogP) is 4.49. The molecule has 0 aromatic heterocycles. The van der Waals surface area contributed by atoms with Crippen molar-refractivity contribution >= 4 is 17.8 Å². The molecule has 1 unspecified atom stereocenters. The monoisotopic (exact) mass is 448 g/mol. The maximum atomic E-state index is 13.2. The fourth-order valence-corrected chi connectivity index (χ4v) is 4.05. The van der Waals surface area contributed by atoms with Crippen molar-refractivity contribution in [1.82, 2.24) is 10.2 Å². The first-order valence-corrected chi connectivity index (χ1v) is 11.4. The molecule has 1 heterocycles. The number of carbonyl (C=O) groups excluding carboxylic acids is 3. The minimum Gasteiger partial charge on any atom is -0.463 e. The number of amides is 2. The fourth-order valence-electron chi connectivity index (χ4n) is 4.05. The summed E-state index contributed by atoms with van der Waals surface area (Å²) in [6.07, 6.45) is 0.198. The van der Waals surface area contributed by atoms with Gasteiger partial charge in [0.15, 0.2) is 0 Å². The van der Waals surface area contributed by atoms with E-state index in [-0.39, 0.29) is 36.8 Å². The number of nitrogens with one attached hydrogen (secondary N) is 1. The smallest absolute Gasteiger partial charge is 0.336 e. The molecule has 3 rings (SSSR count). The zero-order valence-corrected chi connectivity index (χ0v) is 20.0. The Kier molecular flexibility index (Phi) is 7.69. The molecule has 1 aliphatic heterocycles. The van der Waals surface area contributed by atoms with Crippen LogP contribution in [-0.4, -0.2) is 35.3 Å². The van der Waals surface area contributed by atoms with Gasteiger partial charge in [-0.2, -0.15) is 0 Å². The molecule has 2 aromatic rings. The molecular weight excluding hydrogens is 416 g/mol. The van der Waals surface area contributed by atoms with Crippen LogP contribution in [0.1, 0.15) is 67.1 Å². The van der Waals surface area contributed by atoms with E-state index in [9.17, 15) is 14.4 Å². The minimum absolute atomic E-state index is 0.0484. The van der Waals surface area contributed by atoms with E-state index < -0.39 is 5.97 Å². The van der Waals surface area contributed by atoms with Gasteiger partial charge < -0.3 is 15.0 Å². The molecule has 1 atom stereocenters. The van der Waals surface area contributed by atoms with Gasteiger partial charge in [-0.05, 0) is 57.9 Å². The number of benzene rings is 2. The van der Waals surface area contributed by atoms with Gasteiger partial charge in [0.25, 0.3) is 5.91 Å². The van der Waals surface area contributed by atoms with E-state index in [1.165, 1.54) is 0 Å². The number of rotatable bonds is 7. The predicted molar refractivity (Wildman–Crippen MR) is 127 cm³/mol. The van der Waals surface area contributed by atoms with Crippen molar-refractivity contribution in [2.45, 2.75) is 59.5 Å². The molecule has 1 aliphatic rings. The normalized spacial score (nSPS) is 16.2. The minimum atomic E-state index is -0.390. The van der Waals surface area contributed by atoms with Crippen molar-refractivity contribution in [3.8, 4) is 0 Å². The third-order valence-corrected chi connectivity index (χ3v) is 5.77. The molecule has 2 amide bonds. The van der Waals surface area contributed by atoms with Gasteiger partial charge in [0, 0.05) is 29.6 Å². The first-order chi connectivity index (χ1) is 15.7. The van der Waals surface area contributed by atoms with Gasteiger partial charge in [0.1, 0.15) is 0 Å². The molecule has 0 fully saturated rings. The Morgan fingerprint density at radius 1 is 1.06 bits per heavy atom. The number of hydrogen-bond acceptors (Lipinski definition) is 4. The lowest BCUT2D eigenvalue weighted by atomic mass is 9.83. The lowest BCUT2D eigenvalue weighted by Gasteiger charge is -2.34. The van der Waals surface area contributed by atoms with E-state index in [0.717, 1.165) is 16.7 Å². The average molecular weight is 449 g/mol. The molecule has 0 bridgehead atoms. The molecule has 1 N–H and O–H groups in total. The number of allylic oxidation sites excluding steroid dienone is 1. The number of hydrogen-bond donors (Lipinski definition) is 1. The van der Waals surface area contributed by atoms with Crippen LogP contribution in [0.25, 0.3) is 0 Å². The first kappa shape index (κ1) is 24.2. The van der Waals surface area contributed by atoms with Crippen LogP contribution in [0.5, 0.6) is 0 Å². The average Bonchev–Trinajstić information content (AvgIpc) is 2.77. The number of aryl methyl sites for hydroxylation is 1. The van der Waals surface area contributed by atoms with Gasteiger partial charge in [0.05, 0.1) is 18.7 Å². The molecule has 0 aliphatic carbocycles. The Balaban J connectivity index is 1.90. The second-order valence-corrected chi connectivity index (χ2v) is 8.69. The standard InChI is InChI=1S/C27H32N2O4/c1-6-33-27(32)25-19(5)29(24(30)15-23(25)21-11-7-18(4)8-12-21)16-20-9-13-22(14-10-20)26(31)28-17(2)3/h7-14,17,23H,6,15-16H2,1-5H3,(H,28,31). The van der Waals surface area contributed by atoms with Crippen molar-refractivity contribution in [3.05, 3.63) is 82.1 Å². The summed E-state index contributed by atoms with van der Waals surface area (Å²) in [6, 6.07) is 15.1. The molecule has 174 valence electrons. The fraction of sp³-hybridized carbons (Fsp3) is 0.370. The SMILES string of the molecule is CCOC(=O)C1=C(C)N(Cc2ccc(C(=O)NC(C)C)cc2)C(=O)CC1c1ccc(C)cc1. The highest BCUT2D eigenvalue weighted by atomic mass is 16.5. The number of ether oxygens (including phenoxy) is 1. The van der Waals surface area contributed by atoms with Crippen molar-refractivity contribution in [2.24, 2.45) is 0 Å². The van der Waals surface area contributed by atoms with E-state index in [2.05, 4.69) is 5.32 Å². The number of carbonyl (C=O) groups is 3. The Bertz CT molecular complexity index is 1050. The maximum absolute atomic E-state index is 13.2. The molecule has 33 heavy (non-hydrogen) atoms. The summed E-state index contributed by atoms with van der Waals surface area (Å²) < 4.78 is 5.36. The molecule has 0 radical (unpaired) electrons. The third-order valence-electron chi connectivity index (χ3n) is 5.77. The van der Waals surface area contributed by atoms with Crippen LogP contribution >= 0.6 is 0 Å². The highest BCUT2D eigenvalue weighted by molar-refractivity contribution is 5.96. The highest BCUT2D eigenvalue weighted by Crippen LogP contribution is 2.37. The number of nitrogens with zero attached hydrogens (tertiary/aromatic N) is 1. The van der Waals surface area contributed by atoms with E-state index >= 15 is 0 Å². The molecule has 0 spiro atoms. The quantitative estimate of drug-likeness (QED) is 0.634. The summed E-state index contributed by atoms with van der Waals surface area (Å²) >= 11 is 0. The van der Waals surface area contributed by atoms with Crippen LogP contribution in [0.4, 0.5) is 0 Å². The van der Waals surface area contributed by atoms with Crippen molar-refractivity contribution in [3.63, 3.8) is 0 Å². The zero-order valence-electron chi connectivity index (χ0n) is 20.0. The molecule has 0 saturated carbocycles.